The van der Waals surface area contributed by atoms with Gasteiger partial charge >= 0.3 is 59.3 Å². The van der Waals surface area contributed by atoms with Crippen molar-refractivity contribution in [3.8, 4) is 0 Å². The van der Waals surface area contributed by atoms with Gasteiger partial charge in [0.2, 0.25) is 17.7 Å². The van der Waals surface area contributed by atoms with E-state index in [2.05, 4.69) is 31.9 Å². The number of carbonyl (C=O) groups excluding carboxylic acids is 7. The number of hydrogen-bond acceptors (Lipinski definition) is 19. The van der Waals surface area contributed by atoms with E-state index >= 15 is 0 Å². The molecule has 0 heterocycles. The first-order valence-electron chi connectivity index (χ1n) is 29.2. The Morgan fingerprint density at radius 1 is 0.282 bits per heavy atom. The maximum Gasteiger partial charge on any atom is 0.500 e. The Bertz CT molecular complexity index is 1710. The molecule has 502 valence electrons. The minimum absolute atomic E-state index is 0. The summed E-state index contributed by atoms with van der Waals surface area (Å²) in [4.78, 5) is 88.6. The molecule has 0 bridgehead atoms. The molecule has 0 rings (SSSR count). The first-order valence-corrected chi connectivity index (χ1v) is 36.9. The van der Waals surface area contributed by atoms with Crippen LogP contribution in [0.2, 0.25) is 24.2 Å². The van der Waals surface area contributed by atoms with E-state index in [-0.39, 0.29) is 49.3 Å². The van der Waals surface area contributed by atoms with E-state index in [1.807, 2.05) is 0 Å². The Labute approximate surface area is 514 Å². The van der Waals surface area contributed by atoms with Crippen molar-refractivity contribution in [2.45, 2.75) is 155 Å². The van der Waals surface area contributed by atoms with Crippen LogP contribution in [0.1, 0.15) is 131 Å². The highest BCUT2D eigenvalue weighted by molar-refractivity contribution is 6.61. The van der Waals surface area contributed by atoms with Gasteiger partial charge in [-0.05, 0) is 64.2 Å². The molecule has 0 spiro atoms. The molecule has 85 heavy (non-hydrogen) atoms. The molecule has 0 aliphatic heterocycles. The molecular formula is C53H115N9O19Si4. The summed E-state index contributed by atoms with van der Waals surface area (Å²) < 4.78 is 65.1. The van der Waals surface area contributed by atoms with Gasteiger partial charge in [0.1, 0.15) is 0 Å². The number of imide groups is 2. The lowest BCUT2D eigenvalue weighted by Crippen LogP contribution is -2.46. The second-order valence-electron chi connectivity index (χ2n) is 19.5. The molecule has 0 aliphatic carbocycles. The van der Waals surface area contributed by atoms with Crippen LogP contribution >= 0.6 is 0 Å². The molecule has 0 aromatic carbocycles. The summed E-state index contributed by atoms with van der Waals surface area (Å²) in [6.45, 7) is 9.11. The Morgan fingerprint density at radius 3 is 0.800 bits per heavy atom. The van der Waals surface area contributed by atoms with E-state index < -0.39 is 35.2 Å². The van der Waals surface area contributed by atoms with Crippen LogP contribution in [0, 0.1) is 0 Å². The molecule has 0 saturated heterocycles. The Hall–Kier alpha value is -3.72. The van der Waals surface area contributed by atoms with Crippen molar-refractivity contribution in [3.05, 3.63) is 0 Å². The highest BCUT2D eigenvalue weighted by Crippen LogP contribution is 2.19. The van der Waals surface area contributed by atoms with Crippen LogP contribution in [-0.2, 0) is 67.5 Å². The first-order chi connectivity index (χ1) is 40.2. The number of amides is 11. The molecule has 11 amide bonds. The molecule has 0 aromatic rings. The van der Waals surface area contributed by atoms with Crippen molar-refractivity contribution in [2.24, 2.45) is 0 Å². The number of carbonyl (C=O) groups is 7. The van der Waals surface area contributed by atoms with Crippen molar-refractivity contribution in [2.75, 3.05) is 151 Å². The van der Waals surface area contributed by atoms with E-state index in [4.69, 9.17) is 53.1 Å². The molecule has 6 N–H and O–H groups in total. The fraction of sp³-hybridized carbons (Fsp3) is 0.868. The van der Waals surface area contributed by atoms with E-state index in [1.54, 1.807) is 90.2 Å². The molecule has 0 atom stereocenters. The largest absolute Gasteiger partial charge is 0.500 e. The quantitative estimate of drug-likeness (QED) is 0.0304. The molecule has 0 aliphatic rings. The van der Waals surface area contributed by atoms with Gasteiger partial charge < -0.3 is 89.9 Å². The van der Waals surface area contributed by atoms with Crippen LogP contribution in [0.25, 0.3) is 0 Å². The number of urea groups is 4. The van der Waals surface area contributed by atoms with E-state index in [9.17, 15) is 33.6 Å². The maximum atomic E-state index is 13.0. The highest BCUT2D eigenvalue weighted by atomic mass is 28.4. The van der Waals surface area contributed by atoms with Crippen molar-refractivity contribution < 1.29 is 86.7 Å². The molecular weight excluding hydrogens is 1180 g/mol. The van der Waals surface area contributed by atoms with Gasteiger partial charge in [0.05, 0.1) is 0 Å². The third-order valence-electron chi connectivity index (χ3n) is 14.0. The fourth-order valence-corrected chi connectivity index (χ4v) is 15.5. The van der Waals surface area contributed by atoms with Gasteiger partial charge in [0, 0.05) is 196 Å². The number of hydrogen-bond donors (Lipinski definition) is 6. The van der Waals surface area contributed by atoms with Crippen LogP contribution in [0.3, 0.4) is 0 Å². The monoisotopic (exact) mass is 1290 g/mol. The Morgan fingerprint density at radius 2 is 0.518 bits per heavy atom. The molecule has 0 unspecified atom stereocenters. The third-order valence-corrected chi connectivity index (χ3v) is 25.3. The minimum Gasteiger partial charge on any atom is -0.377 e. The van der Waals surface area contributed by atoms with Crippen LogP contribution < -0.4 is 31.9 Å². The predicted octanol–water partition coefficient (Wildman–Crippen LogP) is 5.93. The second kappa shape index (κ2) is 52.2. The molecule has 32 heteroatoms. The lowest BCUT2D eigenvalue weighted by Gasteiger charge is -2.28. The Balaban J connectivity index is -0.00000161. The zero-order valence-corrected chi connectivity index (χ0v) is 57.8. The fourth-order valence-electron chi connectivity index (χ4n) is 8.69. The Kier molecular flexibility index (Phi) is 52.5. The average Bonchev–Trinajstić information content (AvgIpc) is 3.55. The van der Waals surface area contributed by atoms with Crippen LogP contribution in [0.5, 0.6) is 0 Å². The van der Waals surface area contributed by atoms with Gasteiger partial charge in [-0.3, -0.25) is 24.2 Å². The van der Waals surface area contributed by atoms with Crippen LogP contribution in [0.4, 0.5) is 19.2 Å². The maximum absolute atomic E-state index is 13.0. The van der Waals surface area contributed by atoms with Gasteiger partial charge in [0.15, 0.2) is 0 Å². The molecule has 0 fully saturated rings. The number of nitrogens with one attached hydrogen (secondary N) is 6. The topological polar surface area (TPSA) is 312 Å². The smallest absolute Gasteiger partial charge is 0.377 e. The molecule has 0 radical (unpaired) electrons. The highest BCUT2D eigenvalue weighted by Gasteiger charge is 2.40. The third kappa shape index (κ3) is 38.3. The number of nitrogens with zero attached hydrogens (tertiary/aromatic N) is 3. The second-order valence-corrected chi connectivity index (χ2v) is 31.9. The average molecular weight is 1290 g/mol. The SMILES string of the molecule is C.CO[Si](CCCN(CCC[Si](OC)(OC)OC)C(=O)NCCCCCCN(C(C)=O)C(C)=O)(OC)OC.CO[Si](CCCNC(=O)NCCCCCCNC(=O)N(CCCCCCNC(=O)NCCC[Si](OC)(OC)OC)C(C)=O)(OC)OC. The van der Waals surface area contributed by atoms with E-state index in [0.717, 1.165) is 70.6 Å². The lowest BCUT2D eigenvalue weighted by atomic mass is 10.2. The number of unbranched alkanes of at least 4 members (excludes halogenated alkanes) is 9. The predicted molar refractivity (Wildman–Crippen MR) is 334 cm³/mol. The zero-order chi connectivity index (χ0) is 63.7. The zero-order valence-electron chi connectivity index (χ0n) is 53.8. The van der Waals surface area contributed by atoms with Crippen molar-refractivity contribution in [1.82, 2.24) is 46.6 Å². The minimum atomic E-state index is -2.72. The molecule has 28 nitrogen and oxygen atoms in total. The van der Waals surface area contributed by atoms with Gasteiger partial charge in [-0.25, -0.2) is 19.2 Å². The molecule has 0 saturated carbocycles. The molecule has 0 aromatic heterocycles. The van der Waals surface area contributed by atoms with E-state index in [0.29, 0.717) is 122 Å². The number of rotatable bonds is 49. The van der Waals surface area contributed by atoms with Gasteiger partial charge in [-0.1, -0.05) is 46.0 Å². The van der Waals surface area contributed by atoms with E-state index in [1.165, 1.54) is 30.6 Å². The summed E-state index contributed by atoms with van der Waals surface area (Å²) in [5.41, 5.74) is 0. The summed E-state index contributed by atoms with van der Waals surface area (Å²) in [5.74, 6) is -0.755. The van der Waals surface area contributed by atoms with Gasteiger partial charge in [-0.15, -0.1) is 0 Å². The van der Waals surface area contributed by atoms with Crippen LogP contribution in [0.15, 0.2) is 0 Å². The summed E-state index contributed by atoms with van der Waals surface area (Å²) in [7, 11) is 8.15. The summed E-state index contributed by atoms with van der Waals surface area (Å²) in [6.07, 6.45) is 12.6. The van der Waals surface area contributed by atoms with Crippen molar-refractivity contribution >= 4 is 77.1 Å². The standard InChI is InChI=1S/C29H62N6O10Si2.C23H49N3O9Si2.CH4/c1-26(36)35(23-15-11-10-13-19-31-28(38)33-22-17-25-47(43-5,44-6)45-7)29(39)34-20-14-9-8-12-18-30-27(37)32-21-16-24-46(40-2,41-3)42-4;1-21(27)26(22(2)28)18-12-10-9-11-15-24-23(29)25(16-13-19-36(30-3,31-4)32-5)17-14-20-37(33-6,34-7)35-8;/h8-25H2,1-7H3,(H,34,39)(H2,30,32,37)(H2,31,33,38);9-20H2,1-8H3,(H,24,29);1H4. The van der Waals surface area contributed by atoms with Gasteiger partial charge in [-0.2, -0.15) is 0 Å². The first kappa shape index (κ1) is 85.5. The summed E-state index contributed by atoms with van der Waals surface area (Å²) in [5, 5.41) is 17.1. The normalized spacial score (nSPS) is 11.6. The van der Waals surface area contributed by atoms with Crippen LogP contribution in [-0.4, -0.2) is 243 Å². The summed E-state index contributed by atoms with van der Waals surface area (Å²) >= 11 is 0. The van der Waals surface area contributed by atoms with Crippen molar-refractivity contribution in [1.29, 1.82) is 0 Å². The van der Waals surface area contributed by atoms with Gasteiger partial charge in [0.25, 0.3) is 0 Å². The van der Waals surface area contributed by atoms with Crippen molar-refractivity contribution in [3.63, 3.8) is 0 Å². The lowest BCUT2D eigenvalue weighted by molar-refractivity contribution is -0.142. The summed E-state index contributed by atoms with van der Waals surface area (Å²) in [6, 6.07) is 1.44.